The third-order valence-corrected chi connectivity index (χ3v) is 3.75. The Morgan fingerprint density at radius 3 is 1.90 bits per heavy atom. The molecule has 1 atom stereocenters. The number of benzene rings is 1. The Morgan fingerprint density at radius 2 is 1.55 bits per heavy atom. The number of nitrogens with two attached hydrogens (primary N) is 1. The Morgan fingerprint density at radius 1 is 1.05 bits per heavy atom. The Kier molecular flexibility index (Phi) is 7.41. The van der Waals surface area contributed by atoms with Crippen molar-refractivity contribution >= 4 is 0 Å². The fourth-order valence-electron chi connectivity index (χ4n) is 2.86. The quantitative estimate of drug-likeness (QED) is 0.537. The van der Waals surface area contributed by atoms with Gasteiger partial charge in [-0.05, 0) is 30.9 Å². The number of nitrogens with one attached hydrogen (secondary N) is 1. The highest BCUT2D eigenvalue weighted by molar-refractivity contribution is 5.47. The highest BCUT2D eigenvalue weighted by Crippen LogP contribution is 2.39. The summed E-state index contributed by atoms with van der Waals surface area (Å²) in [6.07, 6.45) is 4.54. The first-order valence-corrected chi connectivity index (χ1v) is 7.40. The van der Waals surface area contributed by atoms with Crippen molar-refractivity contribution in [3.05, 3.63) is 23.8 Å². The molecule has 20 heavy (non-hydrogen) atoms. The number of rotatable bonds is 9. The van der Waals surface area contributed by atoms with E-state index in [-0.39, 0.29) is 6.04 Å². The molecule has 0 bridgehead atoms. The Labute approximate surface area is 122 Å². The fourth-order valence-corrected chi connectivity index (χ4v) is 2.86. The number of hydrogen-bond donors (Lipinski definition) is 2. The van der Waals surface area contributed by atoms with E-state index in [2.05, 4.69) is 19.3 Å². The van der Waals surface area contributed by atoms with Crippen LogP contribution in [0.5, 0.6) is 11.5 Å². The van der Waals surface area contributed by atoms with Gasteiger partial charge < -0.3 is 9.47 Å². The largest absolute Gasteiger partial charge is 0.496 e. The molecule has 1 unspecified atom stereocenters. The number of hydrogen-bond acceptors (Lipinski definition) is 4. The van der Waals surface area contributed by atoms with E-state index in [0.29, 0.717) is 5.92 Å². The fraction of sp³-hybridized carbons (Fsp3) is 0.625. The van der Waals surface area contributed by atoms with E-state index in [1.165, 1.54) is 0 Å². The van der Waals surface area contributed by atoms with E-state index in [0.717, 1.165) is 42.7 Å². The molecule has 0 fully saturated rings. The van der Waals surface area contributed by atoms with Crippen LogP contribution in [0.2, 0.25) is 0 Å². The number of hydrazine groups is 1. The molecule has 0 radical (unpaired) electrons. The second kappa shape index (κ2) is 8.82. The third-order valence-electron chi connectivity index (χ3n) is 3.75. The average Bonchev–Trinajstić information content (AvgIpc) is 2.48. The molecule has 0 heterocycles. The lowest BCUT2D eigenvalue weighted by Gasteiger charge is -2.29. The van der Waals surface area contributed by atoms with E-state index < -0.39 is 0 Å². The molecule has 114 valence electrons. The van der Waals surface area contributed by atoms with Gasteiger partial charge in [-0.2, -0.15) is 0 Å². The van der Waals surface area contributed by atoms with Crippen molar-refractivity contribution in [2.75, 3.05) is 14.2 Å². The topological polar surface area (TPSA) is 56.5 Å². The van der Waals surface area contributed by atoms with Crippen LogP contribution < -0.4 is 20.7 Å². The molecule has 1 aromatic rings. The molecule has 3 N–H and O–H groups in total. The van der Waals surface area contributed by atoms with Crippen LogP contribution in [0.4, 0.5) is 0 Å². The van der Waals surface area contributed by atoms with Crippen LogP contribution in [0.25, 0.3) is 0 Å². The van der Waals surface area contributed by atoms with Crippen LogP contribution in [0.1, 0.15) is 51.1 Å². The van der Waals surface area contributed by atoms with Crippen LogP contribution in [0, 0.1) is 5.92 Å². The number of ether oxygens (including phenoxy) is 2. The van der Waals surface area contributed by atoms with E-state index in [1.807, 2.05) is 18.2 Å². The summed E-state index contributed by atoms with van der Waals surface area (Å²) in [5.74, 6) is 7.97. The van der Waals surface area contributed by atoms with Crippen molar-refractivity contribution in [3.63, 3.8) is 0 Å². The number of methoxy groups -OCH3 is 2. The first-order chi connectivity index (χ1) is 9.73. The van der Waals surface area contributed by atoms with Crippen molar-refractivity contribution < 1.29 is 9.47 Å². The molecule has 0 spiro atoms. The summed E-state index contributed by atoms with van der Waals surface area (Å²) in [5, 5.41) is 0. The van der Waals surface area contributed by atoms with Gasteiger partial charge in [-0.1, -0.05) is 32.8 Å². The Balaban J connectivity index is 3.20. The van der Waals surface area contributed by atoms with Crippen molar-refractivity contribution in [3.8, 4) is 11.5 Å². The molecule has 1 rings (SSSR count). The van der Waals surface area contributed by atoms with Crippen molar-refractivity contribution in [1.29, 1.82) is 0 Å². The first-order valence-electron chi connectivity index (χ1n) is 7.40. The average molecular weight is 280 g/mol. The van der Waals surface area contributed by atoms with E-state index >= 15 is 0 Å². The van der Waals surface area contributed by atoms with Gasteiger partial charge in [0.15, 0.2) is 0 Å². The summed E-state index contributed by atoms with van der Waals surface area (Å²) in [6, 6.07) is 5.89. The molecular formula is C16H28N2O2. The standard InChI is InChI=1S/C16H28N2O2/c1-5-8-12(9-6-2)16(18-17)15-13(19-3)10-7-11-14(15)20-4/h7,10-12,16,18H,5-6,8-9,17H2,1-4H3. The second-order valence-corrected chi connectivity index (χ2v) is 5.06. The molecule has 4 nitrogen and oxygen atoms in total. The van der Waals surface area contributed by atoms with Gasteiger partial charge >= 0.3 is 0 Å². The smallest absolute Gasteiger partial charge is 0.127 e. The lowest BCUT2D eigenvalue weighted by Crippen LogP contribution is -2.34. The predicted molar refractivity (Wildman–Crippen MR) is 82.9 cm³/mol. The van der Waals surface area contributed by atoms with Crippen LogP contribution in [-0.2, 0) is 0 Å². The summed E-state index contributed by atoms with van der Waals surface area (Å²) < 4.78 is 11.0. The minimum absolute atomic E-state index is 0.0426. The summed E-state index contributed by atoms with van der Waals surface area (Å²) in [5.41, 5.74) is 4.00. The van der Waals surface area contributed by atoms with Gasteiger partial charge in [0.1, 0.15) is 11.5 Å². The molecule has 0 amide bonds. The van der Waals surface area contributed by atoms with Gasteiger partial charge in [-0.25, -0.2) is 0 Å². The van der Waals surface area contributed by atoms with E-state index in [1.54, 1.807) is 14.2 Å². The van der Waals surface area contributed by atoms with Gasteiger partial charge in [-0.15, -0.1) is 0 Å². The highest BCUT2D eigenvalue weighted by atomic mass is 16.5. The van der Waals surface area contributed by atoms with Gasteiger partial charge in [-0.3, -0.25) is 11.3 Å². The molecule has 4 heteroatoms. The summed E-state index contributed by atoms with van der Waals surface area (Å²) in [4.78, 5) is 0. The lowest BCUT2D eigenvalue weighted by molar-refractivity contribution is 0.295. The van der Waals surface area contributed by atoms with Crippen molar-refractivity contribution in [2.24, 2.45) is 11.8 Å². The van der Waals surface area contributed by atoms with Gasteiger partial charge in [0, 0.05) is 0 Å². The molecule has 0 aliphatic heterocycles. The molecule has 0 saturated carbocycles. The minimum Gasteiger partial charge on any atom is -0.496 e. The second-order valence-electron chi connectivity index (χ2n) is 5.06. The summed E-state index contributed by atoms with van der Waals surface area (Å²) in [6.45, 7) is 4.41. The normalized spacial score (nSPS) is 12.5. The third kappa shape index (κ3) is 3.87. The van der Waals surface area contributed by atoms with Gasteiger partial charge in [0.2, 0.25) is 0 Å². The maximum atomic E-state index is 5.85. The van der Waals surface area contributed by atoms with Gasteiger partial charge in [0.25, 0.3) is 0 Å². The monoisotopic (exact) mass is 280 g/mol. The van der Waals surface area contributed by atoms with Crippen LogP contribution in [-0.4, -0.2) is 14.2 Å². The van der Waals surface area contributed by atoms with Crippen LogP contribution in [0.3, 0.4) is 0 Å². The highest BCUT2D eigenvalue weighted by Gasteiger charge is 2.26. The van der Waals surface area contributed by atoms with Crippen molar-refractivity contribution in [2.45, 2.75) is 45.6 Å². The molecule has 0 aromatic heterocycles. The zero-order valence-corrected chi connectivity index (χ0v) is 13.1. The zero-order chi connectivity index (χ0) is 15.0. The minimum atomic E-state index is 0.0426. The molecule has 0 aliphatic rings. The molecule has 1 aromatic carbocycles. The lowest BCUT2D eigenvalue weighted by atomic mass is 9.85. The molecular weight excluding hydrogens is 252 g/mol. The van der Waals surface area contributed by atoms with Crippen LogP contribution >= 0.6 is 0 Å². The predicted octanol–water partition coefficient (Wildman–Crippen LogP) is 3.42. The SMILES string of the molecule is CCCC(CCC)C(NN)c1c(OC)cccc1OC. The van der Waals surface area contributed by atoms with E-state index in [9.17, 15) is 0 Å². The van der Waals surface area contributed by atoms with Crippen LogP contribution in [0.15, 0.2) is 18.2 Å². The molecule has 0 aliphatic carbocycles. The first kappa shape index (κ1) is 16.8. The van der Waals surface area contributed by atoms with Gasteiger partial charge in [0.05, 0.1) is 25.8 Å². The summed E-state index contributed by atoms with van der Waals surface area (Å²) >= 11 is 0. The van der Waals surface area contributed by atoms with Crippen molar-refractivity contribution in [1.82, 2.24) is 5.43 Å². The maximum absolute atomic E-state index is 5.85. The Hall–Kier alpha value is -1.26. The Bertz CT molecular complexity index is 368. The summed E-state index contributed by atoms with van der Waals surface area (Å²) in [7, 11) is 3.36. The maximum Gasteiger partial charge on any atom is 0.127 e. The zero-order valence-electron chi connectivity index (χ0n) is 13.1. The molecule has 0 saturated heterocycles. The van der Waals surface area contributed by atoms with E-state index in [4.69, 9.17) is 15.3 Å².